The molecule has 2 rings (SSSR count). The van der Waals surface area contributed by atoms with E-state index < -0.39 is 23.7 Å². The molecular weight excluding hydrogens is 333 g/mol. The number of halogens is 1. The highest BCUT2D eigenvalue weighted by molar-refractivity contribution is 7.12. The average molecular weight is 349 g/mol. The summed E-state index contributed by atoms with van der Waals surface area (Å²) in [5.41, 5.74) is 0.198. The summed E-state index contributed by atoms with van der Waals surface area (Å²) in [6.07, 6.45) is -0.266. The second kappa shape index (κ2) is 8.35. The zero-order valence-electron chi connectivity index (χ0n) is 13.0. The van der Waals surface area contributed by atoms with E-state index in [1.807, 2.05) is 0 Å². The SMILES string of the molecule is CCOC(=O)CC(NC(=O)c1ccc(F)cc1)C(=O)c1cccs1. The molecule has 0 radical (unpaired) electrons. The number of hydrogen-bond donors (Lipinski definition) is 1. The molecule has 1 amide bonds. The van der Waals surface area contributed by atoms with Crippen LogP contribution in [0.3, 0.4) is 0 Å². The van der Waals surface area contributed by atoms with Crippen LogP contribution in [0.25, 0.3) is 0 Å². The number of ketones is 1. The van der Waals surface area contributed by atoms with Gasteiger partial charge in [0.05, 0.1) is 17.9 Å². The predicted octanol–water partition coefficient (Wildman–Crippen LogP) is 2.82. The molecule has 0 aliphatic carbocycles. The lowest BCUT2D eigenvalue weighted by molar-refractivity contribution is -0.143. The molecule has 0 saturated heterocycles. The lowest BCUT2D eigenvalue weighted by Gasteiger charge is -2.16. The summed E-state index contributed by atoms with van der Waals surface area (Å²) in [7, 11) is 0. The van der Waals surface area contributed by atoms with Crippen molar-refractivity contribution in [2.45, 2.75) is 19.4 Å². The molecule has 1 heterocycles. The van der Waals surface area contributed by atoms with E-state index in [1.54, 1.807) is 24.4 Å². The number of amides is 1. The van der Waals surface area contributed by atoms with Gasteiger partial charge < -0.3 is 10.1 Å². The molecule has 2 aromatic rings. The van der Waals surface area contributed by atoms with Crippen molar-refractivity contribution < 1.29 is 23.5 Å². The molecule has 0 bridgehead atoms. The Balaban J connectivity index is 2.15. The normalized spacial score (nSPS) is 11.6. The van der Waals surface area contributed by atoms with Gasteiger partial charge in [0.2, 0.25) is 0 Å². The molecule has 1 unspecified atom stereocenters. The second-order valence-corrected chi connectivity index (χ2v) is 5.83. The second-order valence-electron chi connectivity index (χ2n) is 4.88. The van der Waals surface area contributed by atoms with Crippen molar-refractivity contribution in [3.63, 3.8) is 0 Å². The highest BCUT2D eigenvalue weighted by Crippen LogP contribution is 2.14. The monoisotopic (exact) mass is 349 g/mol. The highest BCUT2D eigenvalue weighted by atomic mass is 32.1. The number of hydrogen-bond acceptors (Lipinski definition) is 5. The van der Waals surface area contributed by atoms with Crippen molar-refractivity contribution in [2.75, 3.05) is 6.61 Å². The number of esters is 1. The number of ether oxygens (including phenoxy) is 1. The number of carbonyl (C=O) groups is 3. The maximum Gasteiger partial charge on any atom is 0.308 e. The van der Waals surface area contributed by atoms with Gasteiger partial charge in [0.25, 0.3) is 5.91 Å². The Bertz CT molecular complexity index is 713. The topological polar surface area (TPSA) is 72.5 Å². The van der Waals surface area contributed by atoms with Gasteiger partial charge in [-0.1, -0.05) is 6.07 Å². The van der Waals surface area contributed by atoms with Gasteiger partial charge in [-0.3, -0.25) is 14.4 Å². The Morgan fingerprint density at radius 2 is 1.92 bits per heavy atom. The van der Waals surface area contributed by atoms with Gasteiger partial charge in [-0.2, -0.15) is 0 Å². The third-order valence-electron chi connectivity index (χ3n) is 3.17. The minimum Gasteiger partial charge on any atom is -0.466 e. The number of rotatable bonds is 7. The standard InChI is InChI=1S/C17H16FNO4S/c1-2-23-15(20)10-13(16(21)14-4-3-9-24-14)19-17(22)11-5-7-12(18)8-6-11/h3-9,13H,2,10H2,1H3,(H,19,22). The number of carbonyl (C=O) groups excluding carboxylic acids is 3. The molecule has 1 N–H and O–H groups in total. The third kappa shape index (κ3) is 4.73. The van der Waals surface area contributed by atoms with Crippen molar-refractivity contribution in [3.05, 3.63) is 58.0 Å². The van der Waals surface area contributed by atoms with Crippen molar-refractivity contribution in [1.29, 1.82) is 0 Å². The van der Waals surface area contributed by atoms with Crippen molar-refractivity contribution in [2.24, 2.45) is 0 Å². The van der Waals surface area contributed by atoms with Crippen molar-refractivity contribution in [3.8, 4) is 0 Å². The Kier molecular flexibility index (Phi) is 6.20. The summed E-state index contributed by atoms with van der Waals surface area (Å²) in [6.45, 7) is 1.84. The maximum atomic E-state index is 12.9. The quantitative estimate of drug-likeness (QED) is 0.616. The van der Waals surface area contributed by atoms with Crippen LogP contribution in [-0.2, 0) is 9.53 Å². The molecular formula is C17H16FNO4S. The zero-order valence-corrected chi connectivity index (χ0v) is 13.8. The fourth-order valence-electron chi connectivity index (χ4n) is 2.03. The molecule has 1 aromatic heterocycles. The number of Topliss-reactive ketones (excluding diaryl/α,β-unsaturated/α-hetero) is 1. The molecule has 0 aliphatic heterocycles. The van der Waals surface area contributed by atoms with Gasteiger partial charge in [0.15, 0.2) is 5.78 Å². The Labute approximate surface area is 142 Å². The van der Waals surface area contributed by atoms with Crippen LogP contribution in [0.5, 0.6) is 0 Å². The van der Waals surface area contributed by atoms with E-state index >= 15 is 0 Å². The fourth-order valence-corrected chi connectivity index (χ4v) is 2.75. The van der Waals surface area contributed by atoms with E-state index in [-0.39, 0.29) is 24.4 Å². The van der Waals surface area contributed by atoms with Crippen LogP contribution in [0.15, 0.2) is 41.8 Å². The van der Waals surface area contributed by atoms with Gasteiger partial charge >= 0.3 is 5.97 Å². The zero-order chi connectivity index (χ0) is 17.5. The number of benzene rings is 1. The molecule has 7 heteroatoms. The van der Waals surface area contributed by atoms with E-state index in [0.29, 0.717) is 4.88 Å². The van der Waals surface area contributed by atoms with Gasteiger partial charge in [-0.15, -0.1) is 11.3 Å². The Hall–Kier alpha value is -2.54. The minimum atomic E-state index is -1.04. The van der Waals surface area contributed by atoms with Crippen LogP contribution in [0.4, 0.5) is 4.39 Å². The molecule has 0 spiro atoms. The molecule has 5 nitrogen and oxygen atoms in total. The summed E-state index contributed by atoms with van der Waals surface area (Å²) in [6, 6.07) is 7.20. The Morgan fingerprint density at radius 3 is 2.50 bits per heavy atom. The van der Waals surface area contributed by atoms with Gasteiger partial charge in [-0.05, 0) is 42.6 Å². The maximum absolute atomic E-state index is 12.9. The smallest absolute Gasteiger partial charge is 0.308 e. The molecule has 1 atom stereocenters. The van der Waals surface area contributed by atoms with Gasteiger partial charge in [0, 0.05) is 5.56 Å². The predicted molar refractivity (Wildman–Crippen MR) is 87.6 cm³/mol. The van der Waals surface area contributed by atoms with Crippen LogP contribution < -0.4 is 5.32 Å². The molecule has 1 aromatic carbocycles. The first-order valence-electron chi connectivity index (χ1n) is 7.31. The van der Waals surface area contributed by atoms with Gasteiger partial charge in [-0.25, -0.2) is 4.39 Å². The van der Waals surface area contributed by atoms with Crippen molar-refractivity contribution in [1.82, 2.24) is 5.32 Å². The van der Waals surface area contributed by atoms with E-state index in [0.717, 1.165) is 12.1 Å². The first-order valence-corrected chi connectivity index (χ1v) is 8.19. The lowest BCUT2D eigenvalue weighted by Crippen LogP contribution is -2.42. The first kappa shape index (κ1) is 17.8. The number of thiophene rings is 1. The summed E-state index contributed by atoms with van der Waals surface area (Å²) in [5, 5.41) is 4.26. The first-order chi connectivity index (χ1) is 11.5. The van der Waals surface area contributed by atoms with E-state index in [4.69, 9.17) is 4.74 Å². The summed E-state index contributed by atoms with van der Waals surface area (Å²) < 4.78 is 17.8. The molecule has 126 valence electrons. The highest BCUT2D eigenvalue weighted by Gasteiger charge is 2.26. The van der Waals surface area contributed by atoms with Crippen LogP contribution in [0, 0.1) is 5.82 Å². The van der Waals surface area contributed by atoms with E-state index in [2.05, 4.69) is 5.32 Å². The molecule has 0 fully saturated rings. The summed E-state index contributed by atoms with van der Waals surface area (Å²) >= 11 is 1.22. The minimum absolute atomic E-state index is 0.185. The van der Waals surface area contributed by atoms with Crippen molar-refractivity contribution >= 4 is 29.0 Å². The molecule has 24 heavy (non-hydrogen) atoms. The number of nitrogens with one attached hydrogen (secondary N) is 1. The average Bonchev–Trinajstić information content (AvgIpc) is 3.08. The van der Waals surface area contributed by atoms with Gasteiger partial charge in [0.1, 0.15) is 11.9 Å². The third-order valence-corrected chi connectivity index (χ3v) is 4.05. The molecule has 0 aliphatic rings. The van der Waals surface area contributed by atoms with Crippen LogP contribution in [0.2, 0.25) is 0 Å². The van der Waals surface area contributed by atoms with E-state index in [1.165, 1.54) is 23.5 Å². The molecule has 0 saturated carbocycles. The largest absolute Gasteiger partial charge is 0.466 e. The van der Waals surface area contributed by atoms with Crippen LogP contribution in [0.1, 0.15) is 33.4 Å². The lowest BCUT2D eigenvalue weighted by atomic mass is 10.1. The van der Waals surface area contributed by atoms with Crippen LogP contribution >= 0.6 is 11.3 Å². The Morgan fingerprint density at radius 1 is 1.21 bits per heavy atom. The summed E-state index contributed by atoms with van der Waals surface area (Å²) in [5.74, 6) is -1.97. The van der Waals surface area contributed by atoms with E-state index in [9.17, 15) is 18.8 Å². The fraction of sp³-hybridized carbons (Fsp3) is 0.235. The summed E-state index contributed by atoms with van der Waals surface area (Å²) in [4.78, 5) is 36.9. The van der Waals surface area contributed by atoms with Crippen LogP contribution in [-0.4, -0.2) is 30.3 Å².